The van der Waals surface area contributed by atoms with Crippen LogP contribution in [0, 0.1) is 11.6 Å². The summed E-state index contributed by atoms with van der Waals surface area (Å²) in [6.45, 7) is 0.582. The number of nitrogens with zero attached hydrogens (tertiary/aromatic N) is 1. The van der Waals surface area contributed by atoms with Gasteiger partial charge in [-0.1, -0.05) is 6.07 Å². The number of hydrogen-bond donors (Lipinski definition) is 1. The van der Waals surface area contributed by atoms with Gasteiger partial charge in [-0.05, 0) is 42.8 Å². The number of sulfonamides is 1. The number of halogens is 2. The Kier molecular flexibility index (Phi) is 4.23. The minimum Gasteiger partial charge on any atom is -0.312 e. The van der Waals surface area contributed by atoms with Crippen molar-refractivity contribution in [2.24, 2.45) is 0 Å². The number of carbonyl (C=O) groups excluding carboxylic acids is 1. The third-order valence-corrected chi connectivity index (χ3v) is 5.06. The predicted molar refractivity (Wildman–Crippen MR) is 85.2 cm³/mol. The van der Waals surface area contributed by atoms with Gasteiger partial charge in [0.15, 0.2) is 11.6 Å². The van der Waals surface area contributed by atoms with Gasteiger partial charge in [0.25, 0.3) is 10.0 Å². The first-order valence-electron chi connectivity index (χ1n) is 7.25. The minimum absolute atomic E-state index is 0.0180. The van der Waals surface area contributed by atoms with E-state index in [1.165, 1.54) is 12.1 Å². The molecule has 1 fully saturated rings. The van der Waals surface area contributed by atoms with E-state index in [1.54, 1.807) is 17.0 Å². The van der Waals surface area contributed by atoms with Crippen molar-refractivity contribution in [3.63, 3.8) is 0 Å². The Hall–Kier alpha value is -2.48. The van der Waals surface area contributed by atoms with Gasteiger partial charge in [0, 0.05) is 18.7 Å². The molecule has 0 spiro atoms. The highest BCUT2D eigenvalue weighted by Gasteiger charge is 2.22. The predicted octanol–water partition coefficient (Wildman–Crippen LogP) is 2.89. The van der Waals surface area contributed by atoms with Crippen molar-refractivity contribution < 1.29 is 22.0 Å². The van der Waals surface area contributed by atoms with Gasteiger partial charge in [0.1, 0.15) is 0 Å². The Bertz CT molecular complexity index is 900. The van der Waals surface area contributed by atoms with Crippen LogP contribution < -0.4 is 9.62 Å². The van der Waals surface area contributed by atoms with Crippen LogP contribution in [0.15, 0.2) is 47.4 Å². The first-order valence-corrected chi connectivity index (χ1v) is 8.73. The molecule has 1 aliphatic rings. The summed E-state index contributed by atoms with van der Waals surface area (Å²) in [6, 6.07) is 8.72. The molecular weight excluding hydrogens is 338 g/mol. The van der Waals surface area contributed by atoms with Gasteiger partial charge in [-0.2, -0.15) is 0 Å². The monoisotopic (exact) mass is 352 g/mol. The van der Waals surface area contributed by atoms with Crippen molar-refractivity contribution in [2.45, 2.75) is 17.7 Å². The number of nitrogens with one attached hydrogen (secondary N) is 1. The molecule has 1 amide bonds. The van der Waals surface area contributed by atoms with Gasteiger partial charge in [-0.25, -0.2) is 17.2 Å². The minimum atomic E-state index is -4.07. The van der Waals surface area contributed by atoms with Crippen LogP contribution in [0.3, 0.4) is 0 Å². The van der Waals surface area contributed by atoms with E-state index in [4.69, 9.17) is 0 Å². The Morgan fingerprint density at radius 3 is 2.50 bits per heavy atom. The first kappa shape index (κ1) is 16.4. The average molecular weight is 352 g/mol. The molecule has 1 aliphatic heterocycles. The molecule has 0 radical (unpaired) electrons. The average Bonchev–Trinajstić information content (AvgIpc) is 2.96. The molecule has 0 saturated carbocycles. The van der Waals surface area contributed by atoms with Gasteiger partial charge in [0.05, 0.1) is 10.6 Å². The Morgan fingerprint density at radius 2 is 1.83 bits per heavy atom. The molecule has 24 heavy (non-hydrogen) atoms. The zero-order valence-electron chi connectivity index (χ0n) is 12.5. The summed E-state index contributed by atoms with van der Waals surface area (Å²) in [5.74, 6) is -2.38. The summed E-state index contributed by atoms with van der Waals surface area (Å²) >= 11 is 0. The molecule has 0 bridgehead atoms. The molecule has 1 N–H and O–H groups in total. The standard InChI is InChI=1S/C16H14F2N2O3S/c17-14-7-6-13(10-15(14)18)24(22,23)19-11-3-1-4-12(9-11)20-8-2-5-16(20)21/h1,3-4,6-7,9-10,19H,2,5,8H2. The fourth-order valence-electron chi connectivity index (χ4n) is 2.52. The highest BCUT2D eigenvalue weighted by molar-refractivity contribution is 7.92. The lowest BCUT2D eigenvalue weighted by Crippen LogP contribution is -2.23. The molecule has 2 aromatic rings. The molecule has 0 atom stereocenters. The van der Waals surface area contributed by atoms with E-state index in [-0.39, 0.29) is 16.5 Å². The van der Waals surface area contributed by atoms with Crippen molar-refractivity contribution in [3.8, 4) is 0 Å². The van der Waals surface area contributed by atoms with Gasteiger partial charge in [-0.15, -0.1) is 0 Å². The zero-order chi connectivity index (χ0) is 17.3. The normalized spacial score (nSPS) is 14.9. The molecule has 8 heteroatoms. The van der Waals surface area contributed by atoms with Crippen LogP contribution in [0.2, 0.25) is 0 Å². The Balaban J connectivity index is 1.87. The fourth-order valence-corrected chi connectivity index (χ4v) is 3.58. The van der Waals surface area contributed by atoms with E-state index in [2.05, 4.69) is 4.72 Å². The lowest BCUT2D eigenvalue weighted by molar-refractivity contribution is -0.117. The smallest absolute Gasteiger partial charge is 0.262 e. The Labute approximate surface area is 138 Å². The largest absolute Gasteiger partial charge is 0.312 e. The van der Waals surface area contributed by atoms with Crippen LogP contribution in [0.4, 0.5) is 20.2 Å². The third kappa shape index (κ3) is 3.23. The van der Waals surface area contributed by atoms with Crippen molar-refractivity contribution >= 4 is 27.3 Å². The number of rotatable bonds is 4. The molecule has 0 unspecified atom stereocenters. The summed E-state index contributed by atoms with van der Waals surface area (Å²) in [5.41, 5.74) is 0.819. The number of amides is 1. The highest BCUT2D eigenvalue weighted by Crippen LogP contribution is 2.26. The summed E-state index contributed by atoms with van der Waals surface area (Å²) in [4.78, 5) is 13.0. The SMILES string of the molecule is O=C1CCCN1c1cccc(NS(=O)(=O)c2ccc(F)c(F)c2)c1. The molecule has 5 nitrogen and oxygen atoms in total. The number of carbonyl (C=O) groups is 1. The van der Waals surface area contributed by atoms with Crippen LogP contribution in [0.5, 0.6) is 0 Å². The molecule has 2 aromatic carbocycles. The summed E-state index contributed by atoms with van der Waals surface area (Å²) < 4.78 is 53.1. The van der Waals surface area contributed by atoms with Crippen LogP contribution in [0.1, 0.15) is 12.8 Å². The molecule has 1 heterocycles. The number of anilines is 2. The molecule has 3 rings (SSSR count). The molecule has 0 aromatic heterocycles. The highest BCUT2D eigenvalue weighted by atomic mass is 32.2. The maximum Gasteiger partial charge on any atom is 0.262 e. The molecule has 1 saturated heterocycles. The molecule has 126 valence electrons. The van der Waals surface area contributed by atoms with Crippen LogP contribution >= 0.6 is 0 Å². The second-order valence-corrected chi connectivity index (χ2v) is 7.06. The second-order valence-electron chi connectivity index (χ2n) is 5.38. The summed E-state index contributed by atoms with van der Waals surface area (Å²) in [6.07, 6.45) is 1.22. The van der Waals surface area contributed by atoms with Crippen molar-refractivity contribution in [1.29, 1.82) is 0 Å². The molecule has 0 aliphatic carbocycles. The summed E-state index contributed by atoms with van der Waals surface area (Å²) in [5, 5.41) is 0. The van der Waals surface area contributed by atoms with E-state index in [9.17, 15) is 22.0 Å². The second kappa shape index (κ2) is 6.20. The van der Waals surface area contributed by atoms with E-state index in [0.29, 0.717) is 24.7 Å². The fraction of sp³-hybridized carbons (Fsp3) is 0.188. The number of benzene rings is 2. The van der Waals surface area contributed by atoms with Gasteiger partial charge >= 0.3 is 0 Å². The topological polar surface area (TPSA) is 66.5 Å². The van der Waals surface area contributed by atoms with E-state index >= 15 is 0 Å². The van der Waals surface area contributed by atoms with Crippen LogP contribution in [-0.2, 0) is 14.8 Å². The number of hydrogen-bond acceptors (Lipinski definition) is 3. The maximum absolute atomic E-state index is 13.2. The molecular formula is C16H14F2N2O3S. The van der Waals surface area contributed by atoms with Crippen molar-refractivity contribution in [3.05, 3.63) is 54.1 Å². The van der Waals surface area contributed by atoms with Gasteiger partial charge in [0.2, 0.25) is 5.91 Å². The van der Waals surface area contributed by atoms with Gasteiger partial charge < -0.3 is 4.90 Å². The van der Waals surface area contributed by atoms with E-state index in [0.717, 1.165) is 18.6 Å². The quantitative estimate of drug-likeness (QED) is 0.920. The Morgan fingerprint density at radius 1 is 1.04 bits per heavy atom. The van der Waals surface area contributed by atoms with Crippen LogP contribution in [0.25, 0.3) is 0 Å². The van der Waals surface area contributed by atoms with Gasteiger partial charge in [-0.3, -0.25) is 9.52 Å². The van der Waals surface area contributed by atoms with Crippen molar-refractivity contribution in [2.75, 3.05) is 16.2 Å². The maximum atomic E-state index is 13.2. The lowest BCUT2D eigenvalue weighted by atomic mass is 10.2. The van der Waals surface area contributed by atoms with E-state index < -0.39 is 21.7 Å². The van der Waals surface area contributed by atoms with Crippen molar-refractivity contribution in [1.82, 2.24) is 0 Å². The summed E-state index contributed by atoms with van der Waals surface area (Å²) in [7, 11) is -4.07. The van der Waals surface area contributed by atoms with Crippen LogP contribution in [-0.4, -0.2) is 20.9 Å². The zero-order valence-corrected chi connectivity index (χ0v) is 13.3. The third-order valence-electron chi connectivity index (χ3n) is 3.68. The van der Waals surface area contributed by atoms with E-state index in [1.807, 2.05) is 0 Å². The first-order chi connectivity index (χ1) is 11.4. The lowest BCUT2D eigenvalue weighted by Gasteiger charge is -2.17.